The molecule has 5 rings (SSSR count). The number of rotatable bonds is 8. The minimum atomic E-state index is -2.09. The first kappa shape index (κ1) is 31.2. The van der Waals surface area contributed by atoms with Crippen molar-refractivity contribution in [3.63, 3.8) is 0 Å². The second-order valence-electron chi connectivity index (χ2n) is 13.2. The van der Waals surface area contributed by atoms with Crippen LogP contribution in [-0.4, -0.2) is 63.7 Å². The van der Waals surface area contributed by atoms with Crippen molar-refractivity contribution in [1.29, 1.82) is 0 Å². The maximum Gasteiger partial charge on any atom is 0.323 e. The Morgan fingerprint density at radius 2 is 1.84 bits per heavy atom. The van der Waals surface area contributed by atoms with Crippen molar-refractivity contribution in [3.8, 4) is 0 Å². The van der Waals surface area contributed by atoms with Crippen LogP contribution in [0.1, 0.15) is 58.4 Å². The number of carbonyl (C=O) groups excluding carboxylic acids is 4. The molecule has 9 nitrogen and oxygen atoms in total. The summed E-state index contributed by atoms with van der Waals surface area (Å²) in [6.07, 6.45) is 3.30. The van der Waals surface area contributed by atoms with E-state index in [4.69, 9.17) is 15.2 Å². The van der Waals surface area contributed by atoms with E-state index in [1.54, 1.807) is 51.1 Å². The summed E-state index contributed by atoms with van der Waals surface area (Å²) < 4.78 is 27.6. The molecular weight excluding hydrogens is 557 g/mol. The lowest BCUT2D eigenvalue weighted by atomic mass is 9.44. The van der Waals surface area contributed by atoms with E-state index in [-0.39, 0.29) is 18.8 Å². The van der Waals surface area contributed by atoms with Crippen LogP contribution in [-0.2, 0) is 35.3 Å². The zero-order valence-electron chi connectivity index (χ0n) is 24.8. The van der Waals surface area contributed by atoms with Gasteiger partial charge in [-0.1, -0.05) is 55.8 Å². The third-order valence-corrected chi connectivity index (χ3v) is 10.9. The molecule has 0 bridgehead atoms. The summed E-state index contributed by atoms with van der Waals surface area (Å²) in [6, 6.07) is 7.65. The number of alkyl halides is 1. The van der Waals surface area contributed by atoms with Crippen LogP contribution in [0.2, 0.25) is 0 Å². The number of carbonyl (C=O) groups is 4. The number of allylic oxidation sites excluding steroid dienone is 4. The molecule has 232 valence electrons. The predicted octanol–water partition coefficient (Wildman–Crippen LogP) is 2.91. The van der Waals surface area contributed by atoms with Crippen molar-refractivity contribution in [2.24, 2.45) is 34.3 Å². The van der Waals surface area contributed by atoms with Crippen molar-refractivity contribution in [1.82, 2.24) is 0 Å². The third-order valence-electron chi connectivity index (χ3n) is 10.9. The smallest absolute Gasteiger partial charge is 0.323 e. The van der Waals surface area contributed by atoms with Gasteiger partial charge in [-0.3, -0.25) is 19.2 Å². The van der Waals surface area contributed by atoms with Crippen LogP contribution in [0, 0.1) is 28.6 Å². The summed E-state index contributed by atoms with van der Waals surface area (Å²) in [5, 5.41) is 23.5. The molecule has 1 aromatic carbocycles. The van der Waals surface area contributed by atoms with Gasteiger partial charge in [0.25, 0.3) is 0 Å². The van der Waals surface area contributed by atoms with Crippen molar-refractivity contribution >= 4 is 23.5 Å². The fourth-order valence-corrected chi connectivity index (χ4v) is 8.55. The Balaban J connectivity index is 1.26. The number of fused-ring (bicyclic) bond motifs is 5. The molecule has 0 radical (unpaired) electrons. The van der Waals surface area contributed by atoms with E-state index in [0.717, 1.165) is 5.56 Å². The van der Waals surface area contributed by atoms with Gasteiger partial charge in [0.1, 0.15) is 18.2 Å². The summed E-state index contributed by atoms with van der Waals surface area (Å²) in [6.45, 7) is 4.35. The lowest BCUT2D eigenvalue weighted by molar-refractivity contribution is -0.220. The first-order valence-electron chi connectivity index (χ1n) is 14.9. The Bertz CT molecular complexity index is 1380. The Labute approximate surface area is 250 Å². The molecule has 3 saturated carbocycles. The lowest BCUT2D eigenvalue weighted by Crippen LogP contribution is -2.69. The SMILES string of the molecule is C[C@@H]1C[C@H]2[C@@H]3CCC4=CC(=O)C=C[C@]4(C)[C@@]3(F)[C@@H](O)C[C@]2(C)[C@@]1(O)C(=O)COC(=O)C[C@H](N)C(=O)OCc1ccccc1. The van der Waals surface area contributed by atoms with Crippen molar-refractivity contribution < 1.29 is 43.3 Å². The van der Waals surface area contributed by atoms with Gasteiger partial charge in [-0.05, 0) is 62.2 Å². The molecule has 0 spiro atoms. The van der Waals surface area contributed by atoms with E-state index in [0.29, 0.717) is 24.8 Å². The van der Waals surface area contributed by atoms with Crippen LogP contribution < -0.4 is 5.73 Å². The number of ether oxygens (including phenoxy) is 2. The number of aliphatic hydroxyl groups is 2. The van der Waals surface area contributed by atoms with Crippen LogP contribution >= 0.6 is 0 Å². The van der Waals surface area contributed by atoms with Crippen LogP contribution in [0.4, 0.5) is 4.39 Å². The fourth-order valence-electron chi connectivity index (χ4n) is 8.55. The number of aliphatic hydroxyl groups excluding tert-OH is 1. The maximum absolute atomic E-state index is 17.3. The minimum Gasteiger partial charge on any atom is -0.460 e. The number of halogens is 1. The van der Waals surface area contributed by atoms with E-state index in [2.05, 4.69) is 0 Å². The standard InChI is InChI=1S/C33H40FNO8/c1-19-13-24-23-10-9-21-14-22(36)11-12-30(21,2)32(23,34)26(37)16-31(24,3)33(19,41)27(38)18-42-28(39)15-25(35)29(40)43-17-20-7-5-4-6-8-20/h4-8,11-12,14,19,23-26,37,41H,9-10,13,15-18,35H2,1-3H3/t19-,23+,24+,25+,26+,30+,31+,32+,33+/m1/s1. The number of hydrogen-bond acceptors (Lipinski definition) is 9. The van der Waals surface area contributed by atoms with Gasteiger partial charge >= 0.3 is 11.9 Å². The zero-order chi connectivity index (χ0) is 31.4. The summed E-state index contributed by atoms with van der Waals surface area (Å²) in [5.74, 6) is -4.38. The van der Waals surface area contributed by atoms with Gasteiger partial charge in [-0.2, -0.15) is 0 Å². The molecule has 9 atom stereocenters. The van der Waals surface area contributed by atoms with Crippen molar-refractivity contribution in [2.75, 3.05) is 6.61 Å². The number of esters is 2. The second-order valence-corrected chi connectivity index (χ2v) is 13.2. The molecule has 4 aliphatic carbocycles. The Hall–Kier alpha value is -3.21. The Morgan fingerprint density at radius 3 is 2.53 bits per heavy atom. The summed E-state index contributed by atoms with van der Waals surface area (Å²) in [7, 11) is 0. The molecule has 10 heteroatoms. The van der Waals surface area contributed by atoms with Gasteiger partial charge in [0.05, 0.1) is 12.5 Å². The highest BCUT2D eigenvalue weighted by Gasteiger charge is 2.75. The van der Waals surface area contributed by atoms with Gasteiger partial charge in [0, 0.05) is 16.7 Å². The van der Waals surface area contributed by atoms with Gasteiger partial charge in [0.15, 0.2) is 18.1 Å². The quantitative estimate of drug-likeness (QED) is 0.384. The minimum absolute atomic E-state index is 0.0102. The van der Waals surface area contributed by atoms with E-state index >= 15 is 4.39 Å². The number of hydrogen-bond donors (Lipinski definition) is 3. The molecular formula is C33H40FNO8. The Morgan fingerprint density at radius 1 is 1.14 bits per heavy atom. The molecule has 3 fully saturated rings. The second kappa shape index (κ2) is 11.1. The largest absolute Gasteiger partial charge is 0.460 e. The number of ketones is 2. The monoisotopic (exact) mass is 597 g/mol. The molecule has 0 saturated heterocycles. The zero-order valence-corrected chi connectivity index (χ0v) is 24.8. The maximum atomic E-state index is 17.3. The predicted molar refractivity (Wildman–Crippen MR) is 153 cm³/mol. The van der Waals surface area contributed by atoms with Crippen LogP contribution in [0.25, 0.3) is 0 Å². The van der Waals surface area contributed by atoms with E-state index < -0.39 is 82.7 Å². The highest BCUT2D eigenvalue weighted by Crippen LogP contribution is 2.70. The number of benzene rings is 1. The topological polar surface area (TPSA) is 153 Å². The fraction of sp³-hybridized carbons (Fsp3) is 0.576. The van der Waals surface area contributed by atoms with Crippen LogP contribution in [0.3, 0.4) is 0 Å². The molecule has 0 amide bonds. The molecule has 4 N–H and O–H groups in total. The van der Waals surface area contributed by atoms with Crippen LogP contribution in [0.5, 0.6) is 0 Å². The van der Waals surface area contributed by atoms with E-state index in [1.165, 1.54) is 12.2 Å². The molecule has 0 heterocycles. The third kappa shape index (κ3) is 4.78. The molecule has 4 aliphatic rings. The number of nitrogens with two attached hydrogens (primary N) is 1. The molecule has 0 aromatic heterocycles. The van der Waals surface area contributed by atoms with Gasteiger partial charge in [-0.15, -0.1) is 0 Å². The van der Waals surface area contributed by atoms with Crippen molar-refractivity contribution in [3.05, 3.63) is 59.7 Å². The first-order valence-corrected chi connectivity index (χ1v) is 14.9. The van der Waals surface area contributed by atoms with Crippen molar-refractivity contribution in [2.45, 2.75) is 82.9 Å². The summed E-state index contributed by atoms with van der Waals surface area (Å²) >= 11 is 0. The van der Waals surface area contributed by atoms with Gasteiger partial charge in [-0.25, -0.2) is 4.39 Å². The summed E-state index contributed by atoms with van der Waals surface area (Å²) in [4.78, 5) is 50.4. The normalized spacial score (nSPS) is 38.7. The Kier molecular flexibility index (Phi) is 8.03. The number of Topliss-reactive ketones (excluding diaryl/α,β-unsaturated/α-hetero) is 1. The summed E-state index contributed by atoms with van der Waals surface area (Å²) in [5.41, 5.74) is 0.754. The van der Waals surface area contributed by atoms with E-state index in [1.807, 2.05) is 6.07 Å². The van der Waals surface area contributed by atoms with Gasteiger partial charge < -0.3 is 25.4 Å². The molecule has 0 unspecified atom stereocenters. The average Bonchev–Trinajstić information content (AvgIpc) is 3.17. The highest BCUT2D eigenvalue weighted by atomic mass is 19.1. The molecule has 43 heavy (non-hydrogen) atoms. The first-order chi connectivity index (χ1) is 20.2. The molecule has 1 aromatic rings. The highest BCUT2D eigenvalue weighted by molar-refractivity contribution is 6.01. The average molecular weight is 598 g/mol. The van der Waals surface area contributed by atoms with Gasteiger partial charge in [0.2, 0.25) is 5.78 Å². The lowest BCUT2D eigenvalue weighted by Gasteiger charge is -2.62. The molecule has 0 aliphatic heterocycles. The van der Waals surface area contributed by atoms with Crippen LogP contribution in [0.15, 0.2) is 54.1 Å². The van der Waals surface area contributed by atoms with E-state index in [9.17, 15) is 29.4 Å².